The minimum Gasteiger partial charge on any atom is -0.466 e. The maximum absolute atomic E-state index is 5.34. The molecule has 0 radical (unpaired) electrons. The zero-order valence-corrected chi connectivity index (χ0v) is 12.9. The van der Waals surface area contributed by atoms with Crippen LogP contribution in [0, 0.1) is 55.4 Å². The van der Waals surface area contributed by atoms with Crippen molar-refractivity contribution >= 4 is 0 Å². The SMILES string of the molecule is Cc1[nH]c(C)c(C)c1C.Cc1oc(C)c(C)c1C. The van der Waals surface area contributed by atoms with Gasteiger partial charge in [0.2, 0.25) is 0 Å². The van der Waals surface area contributed by atoms with E-state index in [1.54, 1.807) is 0 Å². The molecule has 2 aromatic heterocycles. The Kier molecular flexibility index (Phi) is 4.44. The molecular formula is C16H25NO. The number of H-pyrrole nitrogens is 1. The predicted molar refractivity (Wildman–Crippen MR) is 77.4 cm³/mol. The standard InChI is InChI=1S/C8H13N.C8H12O/c2*1-5-6(2)8(4)9-7(5)3/h9H,1-4H3;1-4H3. The van der Waals surface area contributed by atoms with Crippen LogP contribution < -0.4 is 0 Å². The molecule has 0 aliphatic rings. The highest BCUT2D eigenvalue weighted by Crippen LogP contribution is 2.18. The number of aromatic nitrogens is 1. The van der Waals surface area contributed by atoms with Gasteiger partial charge in [-0.15, -0.1) is 0 Å². The quantitative estimate of drug-likeness (QED) is 0.714. The molecule has 2 rings (SSSR count). The number of aryl methyl sites for hydroxylation is 4. The second-order valence-corrected chi connectivity index (χ2v) is 5.09. The van der Waals surface area contributed by atoms with Crippen LogP contribution in [0.3, 0.4) is 0 Å². The van der Waals surface area contributed by atoms with Crippen LogP contribution in [0.4, 0.5) is 0 Å². The Morgan fingerprint density at radius 2 is 0.889 bits per heavy atom. The number of hydrogen-bond donors (Lipinski definition) is 1. The smallest absolute Gasteiger partial charge is 0.104 e. The molecule has 0 aromatic carbocycles. The molecule has 1 N–H and O–H groups in total. The van der Waals surface area contributed by atoms with Crippen LogP contribution in [0.5, 0.6) is 0 Å². The summed E-state index contributed by atoms with van der Waals surface area (Å²) >= 11 is 0. The Morgan fingerprint density at radius 1 is 0.556 bits per heavy atom. The van der Waals surface area contributed by atoms with Crippen LogP contribution in [0.25, 0.3) is 0 Å². The second kappa shape index (κ2) is 5.47. The first-order chi connectivity index (χ1) is 8.25. The second-order valence-electron chi connectivity index (χ2n) is 5.09. The van der Waals surface area contributed by atoms with Crippen molar-refractivity contribution in [3.8, 4) is 0 Å². The Bertz CT molecular complexity index is 449. The lowest BCUT2D eigenvalue weighted by Crippen LogP contribution is -1.73. The highest BCUT2D eigenvalue weighted by molar-refractivity contribution is 5.33. The molecule has 100 valence electrons. The fraction of sp³-hybridized carbons (Fsp3) is 0.500. The lowest BCUT2D eigenvalue weighted by atomic mass is 10.2. The van der Waals surface area contributed by atoms with Gasteiger partial charge in [-0.1, -0.05) is 0 Å². The molecule has 0 unspecified atom stereocenters. The normalized spacial score (nSPS) is 10.2. The van der Waals surface area contributed by atoms with Crippen molar-refractivity contribution in [2.75, 3.05) is 0 Å². The van der Waals surface area contributed by atoms with Gasteiger partial charge in [0.05, 0.1) is 0 Å². The third-order valence-corrected chi connectivity index (χ3v) is 3.99. The third kappa shape index (κ3) is 2.87. The average Bonchev–Trinajstić information content (AvgIpc) is 2.66. The molecular weight excluding hydrogens is 222 g/mol. The Balaban J connectivity index is 0.000000180. The highest BCUT2D eigenvalue weighted by Gasteiger charge is 2.04. The molecule has 0 spiro atoms. The monoisotopic (exact) mass is 247 g/mol. The van der Waals surface area contributed by atoms with E-state index in [-0.39, 0.29) is 0 Å². The fourth-order valence-corrected chi connectivity index (χ4v) is 1.94. The third-order valence-electron chi connectivity index (χ3n) is 3.99. The van der Waals surface area contributed by atoms with Crippen LogP contribution in [0.15, 0.2) is 4.42 Å². The molecule has 0 saturated heterocycles. The summed E-state index contributed by atoms with van der Waals surface area (Å²) in [4.78, 5) is 3.28. The van der Waals surface area contributed by atoms with Crippen LogP contribution in [-0.4, -0.2) is 4.98 Å². The Labute approximate surface area is 110 Å². The van der Waals surface area contributed by atoms with Gasteiger partial charge in [0.25, 0.3) is 0 Å². The fourth-order valence-electron chi connectivity index (χ4n) is 1.94. The van der Waals surface area contributed by atoms with E-state index in [0.29, 0.717) is 0 Å². The van der Waals surface area contributed by atoms with Crippen molar-refractivity contribution in [3.63, 3.8) is 0 Å². The van der Waals surface area contributed by atoms with Crippen molar-refractivity contribution in [1.82, 2.24) is 4.98 Å². The zero-order valence-electron chi connectivity index (χ0n) is 12.9. The minimum atomic E-state index is 1.05. The van der Waals surface area contributed by atoms with Crippen molar-refractivity contribution in [1.29, 1.82) is 0 Å². The number of aromatic amines is 1. The molecule has 0 aliphatic carbocycles. The lowest BCUT2D eigenvalue weighted by Gasteiger charge is -1.88. The highest BCUT2D eigenvalue weighted by atomic mass is 16.3. The summed E-state index contributed by atoms with van der Waals surface area (Å²) in [5.74, 6) is 2.09. The molecule has 2 aromatic rings. The summed E-state index contributed by atoms with van der Waals surface area (Å²) in [5, 5.41) is 0. The molecule has 0 bridgehead atoms. The molecule has 0 amide bonds. The van der Waals surface area contributed by atoms with Crippen molar-refractivity contribution in [2.45, 2.75) is 55.4 Å². The number of rotatable bonds is 0. The lowest BCUT2D eigenvalue weighted by molar-refractivity contribution is 0.501. The Hall–Kier alpha value is -1.44. The zero-order chi connectivity index (χ0) is 14.0. The molecule has 0 saturated carbocycles. The summed E-state index contributed by atoms with van der Waals surface area (Å²) < 4.78 is 5.34. The maximum atomic E-state index is 5.34. The predicted octanol–water partition coefficient (Wildman–Crippen LogP) is 4.76. The van der Waals surface area contributed by atoms with Gasteiger partial charge in [-0.3, -0.25) is 0 Å². The molecule has 0 atom stereocenters. The number of furan rings is 1. The van der Waals surface area contributed by atoms with Crippen molar-refractivity contribution in [3.05, 3.63) is 45.2 Å². The van der Waals surface area contributed by atoms with Gasteiger partial charge < -0.3 is 9.40 Å². The van der Waals surface area contributed by atoms with Crippen molar-refractivity contribution < 1.29 is 4.42 Å². The van der Waals surface area contributed by atoms with Gasteiger partial charge in [-0.25, -0.2) is 0 Å². The number of nitrogens with one attached hydrogen (secondary N) is 1. The van der Waals surface area contributed by atoms with Gasteiger partial charge in [0.15, 0.2) is 0 Å². The largest absolute Gasteiger partial charge is 0.466 e. The molecule has 2 nitrogen and oxygen atoms in total. The van der Waals surface area contributed by atoms with Gasteiger partial charge in [-0.2, -0.15) is 0 Å². The van der Waals surface area contributed by atoms with E-state index in [4.69, 9.17) is 4.42 Å². The van der Waals surface area contributed by atoms with Gasteiger partial charge >= 0.3 is 0 Å². The first-order valence-electron chi connectivity index (χ1n) is 6.41. The Morgan fingerprint density at radius 3 is 1.00 bits per heavy atom. The van der Waals surface area contributed by atoms with Gasteiger partial charge in [0.1, 0.15) is 11.5 Å². The maximum Gasteiger partial charge on any atom is 0.104 e. The first-order valence-corrected chi connectivity index (χ1v) is 6.41. The van der Waals surface area contributed by atoms with E-state index < -0.39 is 0 Å². The number of hydrogen-bond acceptors (Lipinski definition) is 1. The van der Waals surface area contributed by atoms with Crippen LogP contribution in [0.2, 0.25) is 0 Å². The van der Waals surface area contributed by atoms with Crippen molar-refractivity contribution in [2.24, 2.45) is 0 Å². The van der Waals surface area contributed by atoms with Gasteiger partial charge in [-0.05, 0) is 77.6 Å². The van der Waals surface area contributed by atoms with E-state index in [1.807, 2.05) is 13.8 Å². The average molecular weight is 247 g/mol. The first kappa shape index (κ1) is 14.6. The van der Waals surface area contributed by atoms with E-state index in [1.165, 1.54) is 33.6 Å². The molecule has 0 fully saturated rings. The van der Waals surface area contributed by atoms with Crippen LogP contribution in [-0.2, 0) is 0 Å². The topological polar surface area (TPSA) is 28.9 Å². The molecule has 2 heteroatoms. The van der Waals surface area contributed by atoms with E-state index in [2.05, 4.69) is 46.5 Å². The van der Waals surface area contributed by atoms with Gasteiger partial charge in [0, 0.05) is 11.4 Å². The summed E-state index contributed by atoms with van der Waals surface area (Å²) in [6, 6.07) is 0. The van der Waals surface area contributed by atoms with E-state index in [0.717, 1.165) is 11.5 Å². The summed E-state index contributed by atoms with van der Waals surface area (Å²) in [7, 11) is 0. The molecule has 18 heavy (non-hydrogen) atoms. The molecule has 2 heterocycles. The van der Waals surface area contributed by atoms with E-state index in [9.17, 15) is 0 Å². The summed E-state index contributed by atoms with van der Waals surface area (Å²) in [5.41, 5.74) is 7.95. The summed E-state index contributed by atoms with van der Waals surface area (Å²) in [6.45, 7) is 16.7. The minimum absolute atomic E-state index is 1.05. The molecule has 0 aliphatic heterocycles. The summed E-state index contributed by atoms with van der Waals surface area (Å²) in [6.07, 6.45) is 0. The van der Waals surface area contributed by atoms with E-state index >= 15 is 0 Å². The van der Waals surface area contributed by atoms with Crippen LogP contribution in [0.1, 0.15) is 45.2 Å². The van der Waals surface area contributed by atoms with Crippen LogP contribution >= 0.6 is 0 Å².